The number of ketones is 1. The van der Waals surface area contributed by atoms with Gasteiger partial charge < -0.3 is 19.9 Å². The SMILES string of the molecule is C[C@@H]1CN(C(=O)C(=O)c2c[nH]c3c(Cl)ncc(O)c23)CCN1c1nnnn1-c1ccccc1. The van der Waals surface area contributed by atoms with Crippen molar-refractivity contribution in [3.05, 3.63) is 53.4 Å². The van der Waals surface area contributed by atoms with E-state index in [9.17, 15) is 14.7 Å². The number of para-hydroxylation sites is 1. The number of anilines is 1. The third kappa shape index (κ3) is 3.55. The van der Waals surface area contributed by atoms with Gasteiger partial charge in [0.05, 0.1) is 28.4 Å². The normalized spacial score (nSPS) is 16.4. The Bertz CT molecular complexity index is 1350. The van der Waals surface area contributed by atoms with E-state index in [1.807, 2.05) is 42.2 Å². The van der Waals surface area contributed by atoms with Gasteiger partial charge >= 0.3 is 0 Å². The highest BCUT2D eigenvalue weighted by molar-refractivity contribution is 6.45. The number of Topliss-reactive ketones (excluding diaryl/α,β-unsaturated/α-hetero) is 1. The number of halogens is 1. The first-order chi connectivity index (χ1) is 16.0. The van der Waals surface area contributed by atoms with Crippen LogP contribution in [0.4, 0.5) is 5.95 Å². The maximum absolute atomic E-state index is 13.0. The fourth-order valence-corrected chi connectivity index (χ4v) is 4.27. The van der Waals surface area contributed by atoms with Crippen LogP contribution < -0.4 is 4.90 Å². The van der Waals surface area contributed by atoms with Crippen LogP contribution in [0.5, 0.6) is 5.75 Å². The molecule has 2 N–H and O–H groups in total. The van der Waals surface area contributed by atoms with Crippen molar-refractivity contribution in [3.8, 4) is 11.4 Å². The van der Waals surface area contributed by atoms with Crippen LogP contribution >= 0.6 is 11.6 Å². The molecule has 0 aliphatic carbocycles. The number of benzene rings is 1. The van der Waals surface area contributed by atoms with E-state index in [0.717, 1.165) is 11.9 Å². The molecule has 1 fully saturated rings. The number of aromatic amines is 1. The molecular weight excluding hydrogens is 448 g/mol. The predicted octanol–water partition coefficient (Wildman–Crippen LogP) is 1.82. The maximum atomic E-state index is 13.0. The molecule has 11 nitrogen and oxygen atoms in total. The lowest BCUT2D eigenvalue weighted by Crippen LogP contribution is -2.55. The third-order valence-electron chi connectivity index (χ3n) is 5.71. The van der Waals surface area contributed by atoms with Gasteiger partial charge in [0.15, 0.2) is 5.15 Å². The van der Waals surface area contributed by atoms with Crippen LogP contribution in [0.25, 0.3) is 16.6 Å². The van der Waals surface area contributed by atoms with Crippen LogP contribution in [0.15, 0.2) is 42.7 Å². The number of pyridine rings is 1. The van der Waals surface area contributed by atoms with Crippen LogP contribution in [0.1, 0.15) is 17.3 Å². The van der Waals surface area contributed by atoms with Gasteiger partial charge in [-0.05, 0) is 29.5 Å². The molecule has 12 heteroatoms. The Labute approximate surface area is 192 Å². The Hall–Kier alpha value is -3.99. The van der Waals surface area contributed by atoms with Crippen LogP contribution in [-0.2, 0) is 4.79 Å². The van der Waals surface area contributed by atoms with Crippen molar-refractivity contribution in [2.75, 3.05) is 24.5 Å². The standard InChI is InChI=1S/C21H19ClN8O3/c1-12-11-28(7-8-29(12)21-25-26-27-30(21)13-5-3-2-4-6-13)20(33)18(32)14-9-23-17-16(14)15(31)10-24-19(17)22/h2-6,9-10,12,23,31H,7-8,11H2,1H3/t12-/m1/s1. The van der Waals surface area contributed by atoms with E-state index in [2.05, 4.69) is 25.5 Å². The zero-order valence-corrected chi connectivity index (χ0v) is 18.3. The number of amides is 1. The number of hydrogen-bond donors (Lipinski definition) is 2. The summed E-state index contributed by atoms with van der Waals surface area (Å²) >= 11 is 6.03. The quantitative estimate of drug-likeness (QED) is 0.264. The number of nitrogens with zero attached hydrogens (tertiary/aromatic N) is 7. The van der Waals surface area contributed by atoms with E-state index in [-0.39, 0.29) is 27.9 Å². The first kappa shape index (κ1) is 20.9. The second kappa shape index (κ2) is 8.17. The molecule has 1 aliphatic heterocycles. The van der Waals surface area contributed by atoms with Gasteiger partial charge in [0, 0.05) is 31.9 Å². The molecule has 1 atom stereocenters. The van der Waals surface area contributed by atoms with Gasteiger partial charge in [0.25, 0.3) is 17.6 Å². The molecule has 0 radical (unpaired) electrons. The Morgan fingerprint density at radius 3 is 2.76 bits per heavy atom. The average molecular weight is 467 g/mol. The molecule has 33 heavy (non-hydrogen) atoms. The second-order valence-electron chi connectivity index (χ2n) is 7.74. The molecule has 4 aromatic rings. The number of piperazine rings is 1. The van der Waals surface area contributed by atoms with Crippen LogP contribution in [0.2, 0.25) is 5.15 Å². The predicted molar refractivity (Wildman–Crippen MR) is 120 cm³/mol. The summed E-state index contributed by atoms with van der Waals surface area (Å²) in [4.78, 5) is 36.2. The fourth-order valence-electron chi connectivity index (χ4n) is 4.07. The van der Waals surface area contributed by atoms with Crippen molar-refractivity contribution >= 4 is 40.1 Å². The zero-order chi connectivity index (χ0) is 23.1. The van der Waals surface area contributed by atoms with Gasteiger partial charge in [0.2, 0.25) is 0 Å². The smallest absolute Gasteiger partial charge is 0.295 e. The van der Waals surface area contributed by atoms with E-state index in [1.165, 1.54) is 11.1 Å². The lowest BCUT2D eigenvalue weighted by atomic mass is 10.1. The topological polar surface area (TPSA) is 133 Å². The second-order valence-corrected chi connectivity index (χ2v) is 8.09. The minimum Gasteiger partial charge on any atom is -0.506 e. The van der Waals surface area contributed by atoms with Gasteiger partial charge in [-0.15, -0.1) is 0 Å². The first-order valence-electron chi connectivity index (χ1n) is 10.2. The summed E-state index contributed by atoms with van der Waals surface area (Å²) in [6.45, 7) is 3.01. The number of tetrazole rings is 1. The van der Waals surface area contributed by atoms with Crippen LogP contribution in [0, 0.1) is 0 Å². The van der Waals surface area contributed by atoms with E-state index >= 15 is 0 Å². The average Bonchev–Trinajstić information content (AvgIpc) is 3.49. The largest absolute Gasteiger partial charge is 0.506 e. The molecule has 0 bridgehead atoms. The molecule has 0 spiro atoms. The maximum Gasteiger partial charge on any atom is 0.295 e. The number of rotatable bonds is 4. The molecule has 1 saturated heterocycles. The van der Waals surface area contributed by atoms with Crippen LogP contribution in [0.3, 0.4) is 0 Å². The third-order valence-corrected chi connectivity index (χ3v) is 5.99. The fraction of sp³-hybridized carbons (Fsp3) is 0.238. The molecule has 0 unspecified atom stereocenters. The zero-order valence-electron chi connectivity index (χ0n) is 17.5. The van der Waals surface area contributed by atoms with E-state index in [4.69, 9.17) is 11.6 Å². The number of H-pyrrole nitrogens is 1. The van der Waals surface area contributed by atoms with Crippen LogP contribution in [-0.4, -0.2) is 77.5 Å². The number of fused-ring (bicyclic) bond motifs is 1. The molecule has 0 saturated carbocycles. The van der Waals surface area contributed by atoms with Crippen molar-refractivity contribution < 1.29 is 14.7 Å². The molecule has 168 valence electrons. The minimum absolute atomic E-state index is 0.0555. The Balaban J connectivity index is 1.35. The number of carbonyl (C=O) groups is 2. The van der Waals surface area contributed by atoms with Crippen molar-refractivity contribution in [1.29, 1.82) is 0 Å². The highest BCUT2D eigenvalue weighted by atomic mass is 35.5. The van der Waals surface area contributed by atoms with E-state index in [0.29, 0.717) is 31.1 Å². The molecular formula is C21H19ClN8O3. The summed E-state index contributed by atoms with van der Waals surface area (Å²) in [7, 11) is 0. The lowest BCUT2D eigenvalue weighted by molar-refractivity contribution is -0.127. The summed E-state index contributed by atoms with van der Waals surface area (Å²) in [5.74, 6) is -1.04. The molecule has 1 amide bonds. The summed E-state index contributed by atoms with van der Waals surface area (Å²) in [5.41, 5.74) is 1.18. The highest BCUT2D eigenvalue weighted by Crippen LogP contribution is 2.31. The van der Waals surface area contributed by atoms with E-state index in [1.54, 1.807) is 4.68 Å². The number of carbonyl (C=O) groups excluding carboxylic acids is 2. The van der Waals surface area contributed by atoms with Gasteiger partial charge in [0.1, 0.15) is 5.75 Å². The van der Waals surface area contributed by atoms with Crippen molar-refractivity contribution in [3.63, 3.8) is 0 Å². The molecule has 1 aromatic carbocycles. The van der Waals surface area contributed by atoms with Crippen molar-refractivity contribution in [2.45, 2.75) is 13.0 Å². The summed E-state index contributed by atoms with van der Waals surface area (Å²) in [5, 5.41) is 22.5. The molecule has 3 aromatic heterocycles. The minimum atomic E-state index is -0.728. The summed E-state index contributed by atoms with van der Waals surface area (Å²) in [6, 6.07) is 9.38. The van der Waals surface area contributed by atoms with Gasteiger partial charge in [-0.1, -0.05) is 34.9 Å². The van der Waals surface area contributed by atoms with Gasteiger partial charge in [-0.2, -0.15) is 4.68 Å². The summed E-state index contributed by atoms with van der Waals surface area (Å²) in [6.07, 6.45) is 2.52. The molecule has 4 heterocycles. The first-order valence-corrected chi connectivity index (χ1v) is 10.6. The number of aromatic hydroxyl groups is 1. The van der Waals surface area contributed by atoms with Gasteiger partial charge in [-0.25, -0.2) is 4.98 Å². The monoisotopic (exact) mass is 466 g/mol. The Morgan fingerprint density at radius 1 is 1.21 bits per heavy atom. The van der Waals surface area contributed by atoms with Crippen molar-refractivity contribution in [1.82, 2.24) is 35.1 Å². The number of hydrogen-bond acceptors (Lipinski definition) is 8. The molecule has 1 aliphatic rings. The Morgan fingerprint density at radius 2 is 2.00 bits per heavy atom. The van der Waals surface area contributed by atoms with Gasteiger partial charge in [-0.3, -0.25) is 9.59 Å². The van der Waals surface area contributed by atoms with E-state index < -0.39 is 11.7 Å². The molecule has 5 rings (SSSR count). The highest BCUT2D eigenvalue weighted by Gasteiger charge is 2.34. The lowest BCUT2D eigenvalue weighted by Gasteiger charge is -2.39. The van der Waals surface area contributed by atoms with Crippen molar-refractivity contribution in [2.24, 2.45) is 0 Å². The Kier molecular flexibility index (Phi) is 5.17. The summed E-state index contributed by atoms with van der Waals surface area (Å²) < 4.78 is 1.64. The number of nitrogens with one attached hydrogen (secondary N) is 1. The number of aromatic nitrogens is 6.